The number of rotatable bonds is 6. The van der Waals surface area contributed by atoms with Gasteiger partial charge >= 0.3 is 5.97 Å². The highest BCUT2D eigenvalue weighted by atomic mass is 16.5. The third-order valence-corrected chi connectivity index (χ3v) is 4.73. The van der Waals surface area contributed by atoms with Crippen molar-refractivity contribution in [1.82, 2.24) is 0 Å². The van der Waals surface area contributed by atoms with Crippen LogP contribution in [-0.4, -0.2) is 5.97 Å². The normalized spacial score (nSPS) is 10.3. The van der Waals surface area contributed by atoms with Gasteiger partial charge in [-0.15, -0.1) is 0 Å². The first-order valence-corrected chi connectivity index (χ1v) is 9.69. The zero-order valence-electron chi connectivity index (χ0n) is 16.4. The topological polar surface area (TPSA) is 29.5 Å². The number of hydrogen-bond acceptors (Lipinski definition) is 3. The van der Waals surface area contributed by atoms with E-state index in [1.54, 1.807) is 12.1 Å². The lowest BCUT2D eigenvalue weighted by atomic mass is 10.0. The molecule has 4 rings (SSSR count). The fourth-order valence-electron chi connectivity index (χ4n) is 3.28. The smallest absolute Gasteiger partial charge is 0.335 e. The Morgan fingerprint density at radius 1 is 0.633 bits per heavy atom. The number of carbonyl (C=O) groups excluding carboxylic acids is 1. The van der Waals surface area contributed by atoms with Gasteiger partial charge in [0.2, 0.25) is 0 Å². The second-order valence-electron chi connectivity index (χ2n) is 6.70. The van der Waals surface area contributed by atoms with E-state index in [4.69, 9.17) is 4.74 Å². The fourth-order valence-corrected chi connectivity index (χ4v) is 3.28. The van der Waals surface area contributed by atoms with Crippen molar-refractivity contribution in [3.63, 3.8) is 0 Å². The van der Waals surface area contributed by atoms with Crippen LogP contribution in [0, 0.1) is 0 Å². The Labute approximate surface area is 176 Å². The summed E-state index contributed by atoms with van der Waals surface area (Å²) >= 11 is 0. The maximum atomic E-state index is 11.3. The van der Waals surface area contributed by atoms with Crippen molar-refractivity contribution in [3.05, 3.63) is 122 Å². The Balaban J connectivity index is 1.63. The molecule has 0 saturated carbocycles. The van der Waals surface area contributed by atoms with Crippen molar-refractivity contribution in [2.24, 2.45) is 0 Å². The lowest BCUT2D eigenvalue weighted by molar-refractivity contribution is -0.128. The fraction of sp³-hybridized carbons (Fsp3) is 0. The monoisotopic (exact) mass is 391 g/mol. The molecule has 0 aliphatic carbocycles. The van der Waals surface area contributed by atoms with Gasteiger partial charge in [-0.1, -0.05) is 67.2 Å². The summed E-state index contributed by atoms with van der Waals surface area (Å²) in [6, 6.07) is 36.5. The first-order chi connectivity index (χ1) is 14.7. The number of para-hydroxylation sites is 2. The molecule has 146 valence electrons. The van der Waals surface area contributed by atoms with Crippen LogP contribution in [0.4, 0.5) is 17.1 Å². The predicted octanol–water partition coefficient (Wildman–Crippen LogP) is 6.91. The van der Waals surface area contributed by atoms with Crippen molar-refractivity contribution >= 4 is 23.0 Å². The zero-order valence-corrected chi connectivity index (χ0v) is 16.4. The van der Waals surface area contributed by atoms with Crippen LogP contribution in [0.25, 0.3) is 11.1 Å². The average molecular weight is 391 g/mol. The summed E-state index contributed by atoms with van der Waals surface area (Å²) in [6.07, 6.45) is 1.15. The Bertz CT molecular complexity index is 1080. The van der Waals surface area contributed by atoms with Gasteiger partial charge in [-0.2, -0.15) is 0 Å². The molecule has 0 fully saturated rings. The second kappa shape index (κ2) is 8.93. The Hall–Kier alpha value is -4.11. The van der Waals surface area contributed by atoms with E-state index >= 15 is 0 Å². The molecule has 3 heteroatoms. The van der Waals surface area contributed by atoms with E-state index in [9.17, 15) is 4.79 Å². The molecule has 0 saturated heterocycles. The highest BCUT2D eigenvalue weighted by molar-refractivity contribution is 5.83. The van der Waals surface area contributed by atoms with Crippen LogP contribution in [0.5, 0.6) is 5.75 Å². The van der Waals surface area contributed by atoms with Gasteiger partial charge in [0.1, 0.15) is 5.75 Å². The molecule has 0 aliphatic heterocycles. The van der Waals surface area contributed by atoms with Crippen molar-refractivity contribution in [2.45, 2.75) is 0 Å². The molecule has 0 radical (unpaired) electrons. The number of esters is 1. The van der Waals surface area contributed by atoms with Crippen molar-refractivity contribution in [1.29, 1.82) is 0 Å². The van der Waals surface area contributed by atoms with E-state index in [1.807, 2.05) is 48.5 Å². The summed E-state index contributed by atoms with van der Waals surface area (Å²) in [5.74, 6) is 0.0358. The molecule has 0 aliphatic rings. The van der Waals surface area contributed by atoms with Gasteiger partial charge in [-0.25, -0.2) is 4.79 Å². The maximum Gasteiger partial charge on any atom is 0.335 e. The third-order valence-electron chi connectivity index (χ3n) is 4.73. The summed E-state index contributed by atoms with van der Waals surface area (Å²) < 4.78 is 5.14. The molecule has 4 aromatic carbocycles. The molecule has 30 heavy (non-hydrogen) atoms. The molecule has 3 nitrogen and oxygen atoms in total. The number of ether oxygens (including phenoxy) is 1. The molecule has 0 heterocycles. The largest absolute Gasteiger partial charge is 0.423 e. The van der Waals surface area contributed by atoms with Crippen molar-refractivity contribution in [2.75, 3.05) is 4.90 Å². The summed E-state index contributed by atoms with van der Waals surface area (Å²) in [4.78, 5) is 13.6. The number of carbonyl (C=O) groups is 1. The molecule has 0 atom stereocenters. The summed E-state index contributed by atoms with van der Waals surface area (Å²) in [5, 5.41) is 0. The minimum Gasteiger partial charge on any atom is -0.423 e. The quantitative estimate of drug-likeness (QED) is 0.203. The first kappa shape index (κ1) is 19.2. The minimum absolute atomic E-state index is 0.464. The van der Waals surface area contributed by atoms with Crippen LogP contribution in [0.3, 0.4) is 0 Å². The van der Waals surface area contributed by atoms with Gasteiger partial charge in [-0.05, 0) is 59.7 Å². The Kier molecular flexibility index (Phi) is 5.72. The molecular weight excluding hydrogens is 370 g/mol. The SMILES string of the molecule is C=CC(=O)Oc1ccc(-c2ccc(N(c3ccccc3)c3ccccc3)cc2)cc1. The molecule has 0 bridgehead atoms. The average Bonchev–Trinajstić information content (AvgIpc) is 2.82. The molecule has 0 aromatic heterocycles. The van der Waals surface area contributed by atoms with E-state index in [1.165, 1.54) is 0 Å². The van der Waals surface area contributed by atoms with E-state index in [2.05, 4.69) is 60.0 Å². The molecule has 0 unspecified atom stereocenters. The van der Waals surface area contributed by atoms with Gasteiger partial charge in [-0.3, -0.25) is 0 Å². The maximum absolute atomic E-state index is 11.3. The molecule has 0 amide bonds. The van der Waals surface area contributed by atoms with Crippen LogP contribution < -0.4 is 9.64 Å². The molecule has 0 spiro atoms. The number of hydrogen-bond donors (Lipinski definition) is 0. The van der Waals surface area contributed by atoms with Crippen LogP contribution >= 0.6 is 0 Å². The summed E-state index contributed by atoms with van der Waals surface area (Å²) in [7, 11) is 0. The second-order valence-corrected chi connectivity index (χ2v) is 6.70. The van der Waals surface area contributed by atoms with Gasteiger partial charge in [0.05, 0.1) is 0 Å². The van der Waals surface area contributed by atoms with E-state index in [0.29, 0.717) is 5.75 Å². The molecule has 4 aromatic rings. The van der Waals surface area contributed by atoms with Gasteiger partial charge in [0.15, 0.2) is 0 Å². The lowest BCUT2D eigenvalue weighted by Crippen LogP contribution is -2.09. The molecular formula is C27H21NO2. The van der Waals surface area contributed by atoms with Gasteiger partial charge < -0.3 is 9.64 Å². The standard InChI is InChI=1S/C27H21NO2/c1-2-27(29)30-26-19-15-22(16-20-26)21-13-17-25(18-14-21)28(23-9-5-3-6-10-23)24-11-7-4-8-12-24/h2-20H,1H2. The zero-order chi connectivity index (χ0) is 20.8. The van der Waals surface area contributed by atoms with Crippen LogP contribution in [0.2, 0.25) is 0 Å². The van der Waals surface area contributed by atoms with Crippen molar-refractivity contribution < 1.29 is 9.53 Å². The number of anilines is 3. The van der Waals surface area contributed by atoms with E-state index < -0.39 is 5.97 Å². The highest BCUT2D eigenvalue weighted by Crippen LogP contribution is 2.35. The van der Waals surface area contributed by atoms with Gasteiger partial charge in [0.25, 0.3) is 0 Å². The molecule has 0 N–H and O–H groups in total. The van der Waals surface area contributed by atoms with Crippen LogP contribution in [0.15, 0.2) is 122 Å². The van der Waals surface area contributed by atoms with Gasteiger partial charge in [0, 0.05) is 23.1 Å². The lowest BCUT2D eigenvalue weighted by Gasteiger charge is -2.25. The van der Waals surface area contributed by atoms with E-state index in [0.717, 1.165) is 34.3 Å². The Morgan fingerprint density at radius 2 is 1.07 bits per heavy atom. The minimum atomic E-state index is -0.464. The number of nitrogens with zero attached hydrogens (tertiary/aromatic N) is 1. The highest BCUT2D eigenvalue weighted by Gasteiger charge is 2.12. The first-order valence-electron chi connectivity index (χ1n) is 9.69. The van der Waals surface area contributed by atoms with Crippen LogP contribution in [0.1, 0.15) is 0 Å². The van der Waals surface area contributed by atoms with E-state index in [-0.39, 0.29) is 0 Å². The third kappa shape index (κ3) is 4.31. The van der Waals surface area contributed by atoms with Crippen LogP contribution in [-0.2, 0) is 4.79 Å². The summed E-state index contributed by atoms with van der Waals surface area (Å²) in [6.45, 7) is 3.41. The summed E-state index contributed by atoms with van der Waals surface area (Å²) in [5.41, 5.74) is 5.41. The van der Waals surface area contributed by atoms with Crippen molar-refractivity contribution in [3.8, 4) is 16.9 Å². The predicted molar refractivity (Wildman–Crippen MR) is 122 cm³/mol. The number of benzene rings is 4. The Morgan fingerprint density at radius 3 is 1.53 bits per heavy atom.